The summed E-state index contributed by atoms with van der Waals surface area (Å²) in [6.07, 6.45) is 0.0436. The first-order valence-electron chi connectivity index (χ1n) is 11.7. The summed E-state index contributed by atoms with van der Waals surface area (Å²) in [5, 5.41) is 24.3. The molecule has 0 aromatic heterocycles. The Hall–Kier alpha value is -3.39. The van der Waals surface area contributed by atoms with Gasteiger partial charge in [-0.25, -0.2) is 4.79 Å². The van der Waals surface area contributed by atoms with E-state index in [2.05, 4.69) is 22.8 Å². The fourth-order valence-electron chi connectivity index (χ4n) is 4.31. The lowest BCUT2D eigenvalue weighted by Gasteiger charge is -2.18. The lowest BCUT2D eigenvalue weighted by atomic mass is 9.98. The summed E-state index contributed by atoms with van der Waals surface area (Å²) in [6, 6.07) is 15.6. The highest BCUT2D eigenvalue weighted by atomic mass is 16.5. The molecule has 0 spiro atoms. The van der Waals surface area contributed by atoms with E-state index < -0.39 is 30.1 Å². The summed E-state index contributed by atoms with van der Waals surface area (Å²) < 4.78 is 5.42. The second-order valence-corrected chi connectivity index (χ2v) is 8.57. The normalized spacial score (nSPS) is 13.9. The number of nitrogens with one attached hydrogen (secondary N) is 2. The van der Waals surface area contributed by atoms with E-state index in [1.54, 1.807) is 0 Å². The molecular weight excluding hydrogens is 436 g/mol. The third-order valence-corrected chi connectivity index (χ3v) is 5.94. The molecule has 2 aromatic rings. The molecule has 2 amide bonds. The predicted molar refractivity (Wildman–Crippen MR) is 127 cm³/mol. The Bertz CT molecular complexity index is 963. The highest BCUT2D eigenvalue weighted by molar-refractivity contribution is 5.79. The van der Waals surface area contributed by atoms with Crippen LogP contribution in [-0.2, 0) is 14.3 Å². The molecular formula is C26H32N2O6. The Morgan fingerprint density at radius 3 is 2.21 bits per heavy atom. The Morgan fingerprint density at radius 1 is 1.00 bits per heavy atom. The molecule has 0 fully saturated rings. The minimum Gasteiger partial charge on any atom is -0.481 e. The highest BCUT2D eigenvalue weighted by Gasteiger charge is 2.29. The number of hydrogen-bond acceptors (Lipinski definition) is 5. The van der Waals surface area contributed by atoms with Crippen LogP contribution >= 0.6 is 0 Å². The number of alkyl carbamates (subject to hydrolysis) is 1. The Morgan fingerprint density at radius 2 is 1.62 bits per heavy atom. The first-order chi connectivity index (χ1) is 16.4. The largest absolute Gasteiger partial charge is 0.481 e. The number of hydrogen-bond donors (Lipinski definition) is 4. The SMILES string of the molecule is CCCCC(CC(=O)O)NC(=O)CC(O)CNC(=O)OCC1c2ccccc2-c2ccccc21. The average molecular weight is 469 g/mol. The molecule has 0 saturated carbocycles. The van der Waals surface area contributed by atoms with Gasteiger partial charge >= 0.3 is 12.1 Å². The minimum absolute atomic E-state index is 0.0665. The number of fused-ring (bicyclic) bond motifs is 3. The van der Waals surface area contributed by atoms with Crippen LogP contribution in [0.15, 0.2) is 48.5 Å². The Kier molecular flexibility index (Phi) is 9.04. The van der Waals surface area contributed by atoms with Crippen molar-refractivity contribution in [3.63, 3.8) is 0 Å². The summed E-state index contributed by atoms with van der Waals surface area (Å²) in [7, 11) is 0. The van der Waals surface area contributed by atoms with Crippen molar-refractivity contribution in [3.8, 4) is 11.1 Å². The Labute approximate surface area is 199 Å². The second kappa shape index (κ2) is 12.2. The van der Waals surface area contributed by atoms with Crippen LogP contribution in [0.4, 0.5) is 4.79 Å². The van der Waals surface area contributed by atoms with Gasteiger partial charge < -0.3 is 25.6 Å². The van der Waals surface area contributed by atoms with Gasteiger partial charge in [0.25, 0.3) is 0 Å². The summed E-state index contributed by atoms with van der Waals surface area (Å²) in [5.74, 6) is -1.51. The van der Waals surface area contributed by atoms with Crippen LogP contribution in [-0.4, -0.2) is 53.5 Å². The number of carboxylic acids is 1. The first-order valence-corrected chi connectivity index (χ1v) is 11.7. The van der Waals surface area contributed by atoms with Crippen LogP contribution in [0.5, 0.6) is 0 Å². The maximum Gasteiger partial charge on any atom is 0.407 e. The van der Waals surface area contributed by atoms with Crippen molar-refractivity contribution < 1.29 is 29.3 Å². The van der Waals surface area contributed by atoms with Gasteiger partial charge in [-0.3, -0.25) is 9.59 Å². The molecule has 2 unspecified atom stereocenters. The number of aliphatic hydroxyl groups excluding tert-OH is 1. The molecule has 182 valence electrons. The third kappa shape index (κ3) is 6.81. The van der Waals surface area contributed by atoms with Crippen LogP contribution in [0.25, 0.3) is 11.1 Å². The maximum atomic E-state index is 12.2. The average Bonchev–Trinajstić information content (AvgIpc) is 3.13. The van der Waals surface area contributed by atoms with E-state index in [0.29, 0.717) is 6.42 Å². The van der Waals surface area contributed by atoms with Gasteiger partial charge in [-0.15, -0.1) is 0 Å². The van der Waals surface area contributed by atoms with Crippen LogP contribution in [0, 0.1) is 0 Å². The summed E-state index contributed by atoms with van der Waals surface area (Å²) in [4.78, 5) is 35.4. The van der Waals surface area contributed by atoms with E-state index in [4.69, 9.17) is 9.84 Å². The van der Waals surface area contributed by atoms with Gasteiger partial charge in [0.1, 0.15) is 6.61 Å². The fourth-order valence-corrected chi connectivity index (χ4v) is 4.31. The zero-order chi connectivity index (χ0) is 24.5. The number of aliphatic carboxylic acids is 1. The van der Waals surface area contributed by atoms with Gasteiger partial charge in [0.05, 0.1) is 18.9 Å². The van der Waals surface area contributed by atoms with E-state index in [1.165, 1.54) is 0 Å². The summed E-state index contributed by atoms with van der Waals surface area (Å²) >= 11 is 0. The molecule has 2 atom stereocenters. The van der Waals surface area contributed by atoms with E-state index in [9.17, 15) is 19.5 Å². The van der Waals surface area contributed by atoms with Gasteiger partial charge in [-0.05, 0) is 28.7 Å². The van der Waals surface area contributed by atoms with Gasteiger partial charge in [-0.2, -0.15) is 0 Å². The molecule has 0 aliphatic heterocycles. The van der Waals surface area contributed by atoms with E-state index >= 15 is 0 Å². The van der Waals surface area contributed by atoms with Crippen molar-refractivity contribution in [2.45, 2.75) is 57.1 Å². The fraction of sp³-hybridized carbons (Fsp3) is 0.423. The predicted octanol–water partition coefficient (Wildman–Crippen LogP) is 3.43. The summed E-state index contributed by atoms with van der Waals surface area (Å²) in [5.41, 5.74) is 4.47. The number of unbranched alkanes of at least 4 members (excludes halogenated alkanes) is 1. The molecule has 2 aromatic carbocycles. The number of ether oxygens (including phenoxy) is 1. The summed E-state index contributed by atoms with van der Waals surface area (Å²) in [6.45, 7) is 1.99. The van der Waals surface area contributed by atoms with Crippen molar-refractivity contribution in [3.05, 3.63) is 59.7 Å². The van der Waals surface area contributed by atoms with Gasteiger partial charge in [0, 0.05) is 18.5 Å². The molecule has 0 radical (unpaired) electrons. The smallest absolute Gasteiger partial charge is 0.407 e. The van der Waals surface area contributed by atoms with Crippen molar-refractivity contribution >= 4 is 18.0 Å². The quantitative estimate of drug-likeness (QED) is 0.378. The Balaban J connectivity index is 1.44. The number of benzene rings is 2. The van der Waals surface area contributed by atoms with E-state index in [1.807, 2.05) is 43.3 Å². The second-order valence-electron chi connectivity index (χ2n) is 8.57. The number of aliphatic hydroxyl groups is 1. The molecule has 0 heterocycles. The van der Waals surface area contributed by atoms with Crippen LogP contribution < -0.4 is 10.6 Å². The molecule has 3 rings (SSSR count). The van der Waals surface area contributed by atoms with Crippen molar-refractivity contribution in [2.75, 3.05) is 13.2 Å². The zero-order valence-corrected chi connectivity index (χ0v) is 19.3. The number of rotatable bonds is 12. The molecule has 0 bridgehead atoms. The van der Waals surface area contributed by atoms with Gasteiger partial charge in [-0.1, -0.05) is 68.3 Å². The maximum absolute atomic E-state index is 12.2. The number of carboxylic acid groups (broad SMARTS) is 1. The van der Waals surface area contributed by atoms with Crippen molar-refractivity contribution in [1.82, 2.24) is 10.6 Å². The van der Waals surface area contributed by atoms with E-state index in [-0.39, 0.29) is 31.9 Å². The third-order valence-electron chi connectivity index (χ3n) is 5.94. The molecule has 8 heteroatoms. The van der Waals surface area contributed by atoms with Gasteiger partial charge in [0.15, 0.2) is 0 Å². The van der Waals surface area contributed by atoms with Crippen LogP contribution in [0.3, 0.4) is 0 Å². The van der Waals surface area contributed by atoms with Crippen LogP contribution in [0.2, 0.25) is 0 Å². The number of carbonyl (C=O) groups excluding carboxylic acids is 2. The number of carbonyl (C=O) groups is 3. The number of amides is 2. The zero-order valence-electron chi connectivity index (χ0n) is 19.3. The lowest BCUT2D eigenvalue weighted by molar-refractivity contribution is -0.137. The van der Waals surface area contributed by atoms with E-state index in [0.717, 1.165) is 35.1 Å². The highest BCUT2D eigenvalue weighted by Crippen LogP contribution is 2.44. The minimum atomic E-state index is -1.11. The lowest BCUT2D eigenvalue weighted by Crippen LogP contribution is -2.40. The van der Waals surface area contributed by atoms with Crippen LogP contribution in [0.1, 0.15) is 56.1 Å². The molecule has 8 nitrogen and oxygen atoms in total. The topological polar surface area (TPSA) is 125 Å². The molecule has 1 aliphatic carbocycles. The van der Waals surface area contributed by atoms with Crippen molar-refractivity contribution in [1.29, 1.82) is 0 Å². The van der Waals surface area contributed by atoms with Gasteiger partial charge in [0.2, 0.25) is 5.91 Å². The van der Waals surface area contributed by atoms with Crippen molar-refractivity contribution in [2.24, 2.45) is 0 Å². The monoisotopic (exact) mass is 468 g/mol. The first kappa shape index (κ1) is 25.2. The molecule has 0 saturated heterocycles. The molecule has 34 heavy (non-hydrogen) atoms. The molecule has 1 aliphatic rings. The molecule has 4 N–H and O–H groups in total. The standard InChI is InChI=1S/C26H32N2O6/c1-2-3-8-17(13-25(31)32)28-24(30)14-18(29)15-27-26(33)34-16-23-21-11-6-4-9-19(21)20-10-5-7-12-22(20)23/h4-7,9-12,17-18,23,29H,2-3,8,13-16H2,1H3,(H,27,33)(H,28,30)(H,31,32).